The number of pyridine rings is 1. The van der Waals surface area contributed by atoms with Gasteiger partial charge in [0.05, 0.1) is 11.4 Å². The van der Waals surface area contributed by atoms with Gasteiger partial charge in [-0.2, -0.15) is 0 Å². The molecule has 0 fully saturated rings. The highest BCUT2D eigenvalue weighted by molar-refractivity contribution is 5.54. The second-order valence-corrected chi connectivity index (χ2v) is 6.14. The number of hydrogen-bond acceptors (Lipinski definition) is 3. The fourth-order valence-corrected chi connectivity index (χ4v) is 2.23. The normalized spacial score (nSPS) is 12.4. The molecule has 0 radical (unpaired) electrons. The molecular weight excluding hydrogens is 279 g/mol. The third-order valence-corrected chi connectivity index (χ3v) is 3.28. The molecule has 0 unspecified atom stereocenters. The first-order valence-corrected chi connectivity index (χ1v) is 7.10. The predicted molar refractivity (Wildman–Crippen MR) is 84.5 cm³/mol. The SMILES string of the molecule is CC(C)(C)c1nc2ccccn2c1N=Nc1cccc(F)c1. The predicted octanol–water partition coefficient (Wildman–Crippen LogP) is 5.19. The molecule has 0 aliphatic rings. The molecule has 0 atom stereocenters. The molecule has 0 spiro atoms. The van der Waals surface area contributed by atoms with Gasteiger partial charge in [0, 0.05) is 17.7 Å². The van der Waals surface area contributed by atoms with E-state index in [1.807, 2.05) is 28.8 Å². The zero-order valence-corrected chi connectivity index (χ0v) is 12.8. The molecule has 3 rings (SSSR count). The number of nitrogens with zero attached hydrogens (tertiary/aromatic N) is 4. The Morgan fingerprint density at radius 2 is 1.86 bits per heavy atom. The molecule has 4 nitrogen and oxygen atoms in total. The van der Waals surface area contributed by atoms with E-state index in [-0.39, 0.29) is 11.2 Å². The summed E-state index contributed by atoms with van der Waals surface area (Å²) in [7, 11) is 0. The smallest absolute Gasteiger partial charge is 0.183 e. The van der Waals surface area contributed by atoms with Gasteiger partial charge in [-0.3, -0.25) is 4.40 Å². The molecule has 2 heterocycles. The first-order chi connectivity index (χ1) is 10.4. The largest absolute Gasteiger partial charge is 0.283 e. The van der Waals surface area contributed by atoms with E-state index in [1.165, 1.54) is 12.1 Å². The maximum Gasteiger partial charge on any atom is 0.183 e. The Balaban J connectivity index is 2.13. The summed E-state index contributed by atoms with van der Waals surface area (Å²) in [5, 5.41) is 8.49. The molecule has 0 bridgehead atoms. The van der Waals surface area contributed by atoms with Gasteiger partial charge >= 0.3 is 0 Å². The highest BCUT2D eigenvalue weighted by atomic mass is 19.1. The Hall–Kier alpha value is -2.56. The van der Waals surface area contributed by atoms with Gasteiger partial charge in [-0.05, 0) is 24.3 Å². The van der Waals surface area contributed by atoms with Crippen LogP contribution in [-0.2, 0) is 5.41 Å². The van der Waals surface area contributed by atoms with Crippen molar-refractivity contribution in [2.45, 2.75) is 26.2 Å². The lowest BCUT2D eigenvalue weighted by Crippen LogP contribution is -2.11. The summed E-state index contributed by atoms with van der Waals surface area (Å²) in [6.07, 6.45) is 1.90. The first kappa shape index (κ1) is 14.4. The third-order valence-electron chi connectivity index (χ3n) is 3.28. The van der Waals surface area contributed by atoms with Crippen LogP contribution in [0.15, 0.2) is 58.9 Å². The van der Waals surface area contributed by atoms with Crippen molar-refractivity contribution in [3.8, 4) is 0 Å². The summed E-state index contributed by atoms with van der Waals surface area (Å²) >= 11 is 0. The molecule has 0 saturated heterocycles. The van der Waals surface area contributed by atoms with E-state index in [0.29, 0.717) is 11.5 Å². The Morgan fingerprint density at radius 1 is 1.05 bits per heavy atom. The van der Waals surface area contributed by atoms with Crippen LogP contribution < -0.4 is 0 Å². The minimum atomic E-state index is -0.328. The zero-order valence-electron chi connectivity index (χ0n) is 12.8. The van der Waals surface area contributed by atoms with Crippen molar-refractivity contribution in [3.05, 3.63) is 60.2 Å². The van der Waals surface area contributed by atoms with Gasteiger partial charge in [0.15, 0.2) is 5.82 Å². The topological polar surface area (TPSA) is 42.0 Å². The van der Waals surface area contributed by atoms with Crippen LogP contribution in [0.25, 0.3) is 5.65 Å². The Bertz CT molecular complexity index is 843. The van der Waals surface area contributed by atoms with Gasteiger partial charge in [-0.25, -0.2) is 9.37 Å². The van der Waals surface area contributed by atoms with Crippen LogP contribution in [0, 0.1) is 5.82 Å². The van der Waals surface area contributed by atoms with E-state index in [0.717, 1.165) is 11.3 Å². The lowest BCUT2D eigenvalue weighted by Gasteiger charge is -2.15. The maximum absolute atomic E-state index is 13.2. The van der Waals surface area contributed by atoms with Crippen LogP contribution in [0.4, 0.5) is 15.9 Å². The van der Waals surface area contributed by atoms with Crippen molar-refractivity contribution in [2.24, 2.45) is 10.2 Å². The molecule has 5 heteroatoms. The molecule has 0 aliphatic carbocycles. The molecule has 22 heavy (non-hydrogen) atoms. The van der Waals surface area contributed by atoms with Gasteiger partial charge < -0.3 is 0 Å². The molecule has 1 aromatic carbocycles. The summed E-state index contributed by atoms with van der Waals surface area (Å²) in [4.78, 5) is 4.65. The zero-order chi connectivity index (χ0) is 15.7. The van der Waals surface area contributed by atoms with Crippen molar-refractivity contribution in [1.82, 2.24) is 9.38 Å². The minimum absolute atomic E-state index is 0.164. The minimum Gasteiger partial charge on any atom is -0.283 e. The second kappa shape index (κ2) is 5.33. The van der Waals surface area contributed by atoms with Gasteiger partial charge in [0.25, 0.3) is 0 Å². The highest BCUT2D eigenvalue weighted by Gasteiger charge is 2.23. The van der Waals surface area contributed by atoms with Crippen molar-refractivity contribution in [1.29, 1.82) is 0 Å². The van der Waals surface area contributed by atoms with E-state index >= 15 is 0 Å². The van der Waals surface area contributed by atoms with Gasteiger partial charge in [-0.1, -0.05) is 32.9 Å². The first-order valence-electron chi connectivity index (χ1n) is 7.10. The van der Waals surface area contributed by atoms with Crippen LogP contribution in [0.1, 0.15) is 26.5 Å². The molecule has 0 aliphatic heterocycles. The van der Waals surface area contributed by atoms with E-state index in [4.69, 9.17) is 0 Å². The summed E-state index contributed by atoms with van der Waals surface area (Å²) in [6, 6.07) is 11.8. The lowest BCUT2D eigenvalue weighted by atomic mass is 9.92. The van der Waals surface area contributed by atoms with E-state index in [9.17, 15) is 4.39 Å². The molecule has 112 valence electrons. The van der Waals surface area contributed by atoms with Crippen LogP contribution >= 0.6 is 0 Å². The molecule has 2 aromatic heterocycles. The Labute approximate surface area is 128 Å². The molecule has 0 N–H and O–H groups in total. The molecule has 0 amide bonds. The molecule has 0 saturated carbocycles. The highest BCUT2D eigenvalue weighted by Crippen LogP contribution is 2.32. The number of imidazole rings is 1. The van der Waals surface area contributed by atoms with Crippen molar-refractivity contribution < 1.29 is 4.39 Å². The van der Waals surface area contributed by atoms with Crippen molar-refractivity contribution >= 4 is 17.2 Å². The monoisotopic (exact) mass is 296 g/mol. The number of fused-ring (bicyclic) bond motifs is 1. The van der Waals surface area contributed by atoms with Gasteiger partial charge in [0.2, 0.25) is 0 Å². The number of halogens is 1. The van der Waals surface area contributed by atoms with E-state index in [2.05, 4.69) is 36.0 Å². The van der Waals surface area contributed by atoms with Crippen molar-refractivity contribution in [2.75, 3.05) is 0 Å². The quantitative estimate of drug-likeness (QED) is 0.600. The Morgan fingerprint density at radius 3 is 2.59 bits per heavy atom. The van der Waals surface area contributed by atoms with E-state index in [1.54, 1.807) is 12.1 Å². The van der Waals surface area contributed by atoms with Crippen LogP contribution in [0.5, 0.6) is 0 Å². The molecule has 3 aromatic rings. The summed E-state index contributed by atoms with van der Waals surface area (Å²) in [5.41, 5.74) is 1.99. The third kappa shape index (κ3) is 2.74. The summed E-state index contributed by atoms with van der Waals surface area (Å²) in [5.74, 6) is 0.345. The van der Waals surface area contributed by atoms with Gasteiger partial charge in [-0.15, -0.1) is 10.2 Å². The number of azo groups is 1. The average molecular weight is 296 g/mol. The number of hydrogen-bond donors (Lipinski definition) is 0. The van der Waals surface area contributed by atoms with E-state index < -0.39 is 0 Å². The lowest BCUT2D eigenvalue weighted by molar-refractivity contribution is 0.573. The summed E-state index contributed by atoms with van der Waals surface area (Å²) in [6.45, 7) is 6.24. The fraction of sp³-hybridized carbons (Fsp3) is 0.235. The van der Waals surface area contributed by atoms with Gasteiger partial charge in [0.1, 0.15) is 11.5 Å². The second-order valence-electron chi connectivity index (χ2n) is 6.14. The number of aromatic nitrogens is 2. The Kier molecular flexibility index (Phi) is 3.48. The molecular formula is C17H17FN4. The summed E-state index contributed by atoms with van der Waals surface area (Å²) < 4.78 is 15.1. The van der Waals surface area contributed by atoms with Crippen LogP contribution in [0.3, 0.4) is 0 Å². The van der Waals surface area contributed by atoms with Crippen LogP contribution in [0.2, 0.25) is 0 Å². The van der Waals surface area contributed by atoms with Crippen molar-refractivity contribution in [3.63, 3.8) is 0 Å². The number of rotatable bonds is 2. The van der Waals surface area contributed by atoms with Crippen LogP contribution in [-0.4, -0.2) is 9.38 Å². The fourth-order valence-electron chi connectivity index (χ4n) is 2.23. The maximum atomic E-state index is 13.2. The average Bonchev–Trinajstić information content (AvgIpc) is 2.84. The number of benzene rings is 1. The standard InChI is InChI=1S/C17H17FN4/c1-17(2,3)15-16(22-10-5-4-9-14(22)19-15)21-20-13-8-6-7-12(18)11-13/h4-11H,1-3H3.